The maximum atomic E-state index is 11.9. The molecule has 0 amide bonds. The van der Waals surface area contributed by atoms with Crippen LogP contribution in [0.1, 0.15) is 17.4 Å². The molecule has 0 aliphatic rings. The number of rotatable bonds is 7. The first-order valence-corrected chi connectivity index (χ1v) is 6.01. The molecule has 0 fully saturated rings. The Hall–Kier alpha value is -2.01. The van der Waals surface area contributed by atoms with Crippen molar-refractivity contribution >= 4 is 0 Å². The maximum absolute atomic E-state index is 11.9. The number of hydrogen-bond donors (Lipinski definition) is 1. The standard InChI is InChI=1S/C10H13F3N6O2/c11-10(12,13)6-20-2-1-8-15-9(21-17-8)5-19-4-7(3-14)16-18-19/h4H,1-3,5-6,14H2. The molecule has 2 heterocycles. The summed E-state index contributed by atoms with van der Waals surface area (Å²) in [7, 11) is 0. The van der Waals surface area contributed by atoms with E-state index in [2.05, 4.69) is 25.2 Å². The highest BCUT2D eigenvalue weighted by Gasteiger charge is 2.27. The predicted octanol–water partition coefficient (Wildman–Crippen LogP) is 0.289. The van der Waals surface area contributed by atoms with Crippen LogP contribution < -0.4 is 5.73 Å². The molecule has 2 rings (SSSR count). The van der Waals surface area contributed by atoms with E-state index in [1.807, 2.05) is 0 Å². The van der Waals surface area contributed by atoms with Gasteiger partial charge in [0.25, 0.3) is 0 Å². The van der Waals surface area contributed by atoms with Crippen LogP contribution in [0.4, 0.5) is 13.2 Å². The molecule has 0 bridgehead atoms. The summed E-state index contributed by atoms with van der Waals surface area (Å²) in [4.78, 5) is 4.02. The normalized spacial score (nSPS) is 12.0. The average molecular weight is 306 g/mol. The molecule has 0 spiro atoms. The minimum atomic E-state index is -4.34. The first kappa shape index (κ1) is 15.4. The summed E-state index contributed by atoms with van der Waals surface area (Å²) in [6.45, 7) is -0.952. The number of aromatic nitrogens is 5. The molecule has 0 radical (unpaired) electrons. The molecule has 0 aliphatic carbocycles. The van der Waals surface area contributed by atoms with Crippen LogP contribution in [-0.4, -0.2) is 44.5 Å². The van der Waals surface area contributed by atoms with Crippen LogP contribution in [0.25, 0.3) is 0 Å². The van der Waals surface area contributed by atoms with E-state index in [1.165, 1.54) is 4.68 Å². The van der Waals surface area contributed by atoms with Gasteiger partial charge in [0.05, 0.1) is 18.5 Å². The fourth-order valence-corrected chi connectivity index (χ4v) is 1.46. The Balaban J connectivity index is 1.78. The molecular weight excluding hydrogens is 293 g/mol. The summed E-state index contributed by atoms with van der Waals surface area (Å²) in [6, 6.07) is 0. The van der Waals surface area contributed by atoms with Crippen molar-refractivity contribution in [3.63, 3.8) is 0 Å². The Bertz CT molecular complexity index is 567. The third-order valence-electron chi connectivity index (χ3n) is 2.34. The van der Waals surface area contributed by atoms with E-state index in [9.17, 15) is 13.2 Å². The lowest BCUT2D eigenvalue weighted by atomic mass is 10.4. The minimum absolute atomic E-state index is 0.130. The quantitative estimate of drug-likeness (QED) is 0.733. The van der Waals surface area contributed by atoms with E-state index in [0.717, 1.165) is 0 Å². The van der Waals surface area contributed by atoms with Crippen molar-refractivity contribution in [3.8, 4) is 0 Å². The topological polar surface area (TPSA) is 105 Å². The van der Waals surface area contributed by atoms with Crippen LogP contribution in [0.3, 0.4) is 0 Å². The molecule has 8 nitrogen and oxygen atoms in total. The lowest BCUT2D eigenvalue weighted by molar-refractivity contribution is -0.173. The van der Waals surface area contributed by atoms with Crippen molar-refractivity contribution in [1.29, 1.82) is 0 Å². The molecule has 0 aliphatic heterocycles. The Kier molecular flexibility index (Phi) is 4.85. The van der Waals surface area contributed by atoms with Crippen LogP contribution >= 0.6 is 0 Å². The van der Waals surface area contributed by atoms with E-state index in [4.69, 9.17) is 10.3 Å². The zero-order valence-electron chi connectivity index (χ0n) is 10.9. The van der Waals surface area contributed by atoms with Crippen LogP contribution in [0, 0.1) is 0 Å². The molecule has 2 N–H and O–H groups in total. The third-order valence-corrected chi connectivity index (χ3v) is 2.34. The van der Waals surface area contributed by atoms with Gasteiger partial charge in [-0.2, -0.15) is 18.2 Å². The summed E-state index contributed by atoms with van der Waals surface area (Å²) >= 11 is 0. The van der Waals surface area contributed by atoms with Crippen LogP contribution in [0.5, 0.6) is 0 Å². The van der Waals surface area contributed by atoms with Crippen molar-refractivity contribution < 1.29 is 22.4 Å². The Morgan fingerprint density at radius 2 is 2.19 bits per heavy atom. The first-order chi connectivity index (χ1) is 9.96. The van der Waals surface area contributed by atoms with Gasteiger partial charge in [-0.25, -0.2) is 4.68 Å². The molecule has 0 unspecified atom stereocenters. The lowest BCUT2D eigenvalue weighted by Crippen LogP contribution is -2.18. The van der Waals surface area contributed by atoms with Crippen molar-refractivity contribution in [2.75, 3.05) is 13.2 Å². The van der Waals surface area contributed by atoms with Gasteiger partial charge in [0.2, 0.25) is 5.89 Å². The van der Waals surface area contributed by atoms with Gasteiger partial charge in [0.1, 0.15) is 13.2 Å². The summed E-state index contributed by atoms with van der Waals surface area (Å²) in [5.74, 6) is 0.542. The van der Waals surface area contributed by atoms with E-state index in [0.29, 0.717) is 5.69 Å². The molecular formula is C10H13F3N6O2. The SMILES string of the molecule is NCc1cn(Cc2nc(CCOCC(F)(F)F)no2)nn1. The Morgan fingerprint density at radius 1 is 1.38 bits per heavy atom. The molecule has 2 aromatic rings. The van der Waals surface area contributed by atoms with Crippen LogP contribution in [0.15, 0.2) is 10.7 Å². The maximum Gasteiger partial charge on any atom is 0.411 e. The minimum Gasteiger partial charge on any atom is -0.372 e. The van der Waals surface area contributed by atoms with E-state index in [-0.39, 0.29) is 37.8 Å². The van der Waals surface area contributed by atoms with Crippen LogP contribution in [0.2, 0.25) is 0 Å². The van der Waals surface area contributed by atoms with Crippen molar-refractivity contribution in [1.82, 2.24) is 25.1 Å². The second-order valence-corrected chi connectivity index (χ2v) is 4.13. The average Bonchev–Trinajstić information content (AvgIpc) is 3.03. The Labute approximate surface area is 117 Å². The fourth-order valence-electron chi connectivity index (χ4n) is 1.46. The number of ether oxygens (including phenoxy) is 1. The van der Waals surface area contributed by atoms with Crippen molar-refractivity contribution in [2.45, 2.75) is 25.7 Å². The van der Waals surface area contributed by atoms with Gasteiger partial charge in [0.15, 0.2) is 5.82 Å². The van der Waals surface area contributed by atoms with Crippen molar-refractivity contribution in [2.24, 2.45) is 5.73 Å². The first-order valence-electron chi connectivity index (χ1n) is 6.01. The second kappa shape index (κ2) is 6.63. The third kappa shape index (κ3) is 5.11. The fraction of sp³-hybridized carbons (Fsp3) is 0.600. The second-order valence-electron chi connectivity index (χ2n) is 4.13. The Morgan fingerprint density at radius 3 is 2.86 bits per heavy atom. The van der Waals surface area contributed by atoms with E-state index >= 15 is 0 Å². The number of halogens is 3. The molecule has 11 heteroatoms. The number of alkyl halides is 3. The van der Waals surface area contributed by atoms with Gasteiger partial charge in [-0.15, -0.1) is 5.10 Å². The van der Waals surface area contributed by atoms with Gasteiger partial charge >= 0.3 is 6.18 Å². The largest absolute Gasteiger partial charge is 0.411 e. The molecule has 0 saturated heterocycles. The van der Waals surface area contributed by atoms with Gasteiger partial charge < -0.3 is 15.0 Å². The predicted molar refractivity (Wildman–Crippen MR) is 61.9 cm³/mol. The molecule has 21 heavy (non-hydrogen) atoms. The van der Waals surface area contributed by atoms with Crippen molar-refractivity contribution in [3.05, 3.63) is 23.6 Å². The monoisotopic (exact) mass is 306 g/mol. The highest BCUT2D eigenvalue weighted by atomic mass is 19.4. The lowest BCUT2D eigenvalue weighted by Gasteiger charge is -2.05. The zero-order valence-corrected chi connectivity index (χ0v) is 10.9. The molecule has 0 atom stereocenters. The number of nitrogens with zero attached hydrogens (tertiary/aromatic N) is 5. The molecule has 0 aromatic carbocycles. The van der Waals surface area contributed by atoms with Gasteiger partial charge in [-0.1, -0.05) is 10.4 Å². The van der Waals surface area contributed by atoms with Gasteiger partial charge in [-0.05, 0) is 0 Å². The zero-order chi connectivity index (χ0) is 15.3. The summed E-state index contributed by atoms with van der Waals surface area (Å²) in [5, 5.41) is 11.2. The molecule has 116 valence electrons. The smallest absolute Gasteiger partial charge is 0.372 e. The summed E-state index contributed by atoms with van der Waals surface area (Å²) < 4.78 is 46.5. The molecule has 2 aromatic heterocycles. The van der Waals surface area contributed by atoms with E-state index < -0.39 is 12.8 Å². The van der Waals surface area contributed by atoms with Gasteiger partial charge in [-0.3, -0.25) is 0 Å². The molecule has 0 saturated carbocycles. The van der Waals surface area contributed by atoms with Crippen LogP contribution in [-0.2, 0) is 24.2 Å². The number of nitrogens with two attached hydrogens (primary N) is 1. The summed E-state index contributed by atoms with van der Waals surface area (Å²) in [5.41, 5.74) is 6.02. The van der Waals surface area contributed by atoms with Gasteiger partial charge in [0, 0.05) is 13.0 Å². The highest BCUT2D eigenvalue weighted by molar-refractivity contribution is 4.93. The summed E-state index contributed by atoms with van der Waals surface area (Å²) in [6.07, 6.45) is -2.57. The number of hydrogen-bond acceptors (Lipinski definition) is 7. The highest BCUT2D eigenvalue weighted by Crippen LogP contribution is 2.14. The van der Waals surface area contributed by atoms with E-state index in [1.54, 1.807) is 6.20 Å².